The molecule has 6 heteroatoms. The third kappa shape index (κ3) is 3.48. The third-order valence-electron chi connectivity index (χ3n) is 2.90. The monoisotopic (exact) mass is 276 g/mol. The molecule has 1 aromatic heterocycles. The Balaban J connectivity index is 1.89. The van der Waals surface area contributed by atoms with Gasteiger partial charge in [0.1, 0.15) is 0 Å². The largest absolute Gasteiger partial charge is 0.399 e. The second-order valence-electron chi connectivity index (χ2n) is 4.60. The summed E-state index contributed by atoms with van der Waals surface area (Å²) in [6, 6.07) is 5.33. The van der Waals surface area contributed by atoms with Gasteiger partial charge in [0.05, 0.1) is 5.52 Å². The maximum atomic E-state index is 12.0. The van der Waals surface area contributed by atoms with Crippen LogP contribution in [0.5, 0.6) is 0 Å². The molecule has 0 aliphatic heterocycles. The predicted octanol–water partition coefficient (Wildman–Crippen LogP) is 1.69. The maximum absolute atomic E-state index is 12.0. The van der Waals surface area contributed by atoms with Gasteiger partial charge in [-0.05, 0) is 31.0 Å². The van der Waals surface area contributed by atoms with Crippen molar-refractivity contribution < 1.29 is 9.53 Å². The highest BCUT2D eigenvalue weighted by Crippen LogP contribution is 2.18. The number of nitrogen functional groups attached to an aromatic ring is 1. The zero-order valence-corrected chi connectivity index (χ0v) is 11.6. The Morgan fingerprint density at radius 1 is 1.45 bits per heavy atom. The lowest BCUT2D eigenvalue weighted by molar-refractivity contribution is 0.0938. The molecule has 2 aromatic rings. The average molecular weight is 276 g/mol. The van der Waals surface area contributed by atoms with Crippen LogP contribution in [-0.2, 0) is 4.74 Å². The quantitative estimate of drug-likeness (QED) is 0.530. The number of rotatable bonds is 7. The molecule has 0 aliphatic rings. The molecular formula is C14H20N4O2. The van der Waals surface area contributed by atoms with Crippen LogP contribution in [0.2, 0.25) is 0 Å². The fourth-order valence-corrected chi connectivity index (χ4v) is 1.91. The highest BCUT2D eigenvalue weighted by Gasteiger charge is 2.13. The van der Waals surface area contributed by atoms with Crippen LogP contribution in [-0.4, -0.2) is 35.9 Å². The third-order valence-corrected chi connectivity index (χ3v) is 2.90. The number of aromatic nitrogens is 2. The van der Waals surface area contributed by atoms with E-state index in [0.717, 1.165) is 30.4 Å². The van der Waals surface area contributed by atoms with Gasteiger partial charge < -0.3 is 15.8 Å². The lowest BCUT2D eigenvalue weighted by atomic mass is 10.2. The summed E-state index contributed by atoms with van der Waals surface area (Å²) in [5.41, 5.74) is 7.52. The van der Waals surface area contributed by atoms with Crippen molar-refractivity contribution in [3.05, 3.63) is 23.9 Å². The molecule has 0 spiro atoms. The van der Waals surface area contributed by atoms with Crippen LogP contribution in [0, 0.1) is 0 Å². The SMILES string of the molecule is CCCOCCCNC(=O)c1n[nH]c2ccc(N)cc12. The number of carbonyl (C=O) groups excluding carboxylic acids is 1. The van der Waals surface area contributed by atoms with Crippen molar-refractivity contribution in [2.45, 2.75) is 19.8 Å². The minimum absolute atomic E-state index is 0.197. The molecule has 0 saturated heterocycles. The lowest BCUT2D eigenvalue weighted by Crippen LogP contribution is -2.25. The van der Waals surface area contributed by atoms with Gasteiger partial charge >= 0.3 is 0 Å². The molecular weight excluding hydrogens is 256 g/mol. The Morgan fingerprint density at radius 2 is 2.30 bits per heavy atom. The van der Waals surface area contributed by atoms with Gasteiger partial charge in [0.15, 0.2) is 5.69 Å². The number of carbonyl (C=O) groups is 1. The Kier molecular flexibility index (Phi) is 4.95. The number of H-pyrrole nitrogens is 1. The van der Waals surface area contributed by atoms with E-state index in [1.165, 1.54) is 0 Å². The van der Waals surface area contributed by atoms with E-state index in [-0.39, 0.29) is 5.91 Å². The van der Waals surface area contributed by atoms with E-state index in [2.05, 4.69) is 22.4 Å². The topological polar surface area (TPSA) is 93.0 Å². The van der Waals surface area contributed by atoms with Crippen molar-refractivity contribution in [2.24, 2.45) is 0 Å². The van der Waals surface area contributed by atoms with Crippen molar-refractivity contribution in [3.8, 4) is 0 Å². The summed E-state index contributed by atoms with van der Waals surface area (Å²) in [5, 5.41) is 10.4. The maximum Gasteiger partial charge on any atom is 0.272 e. The smallest absolute Gasteiger partial charge is 0.272 e. The summed E-state index contributed by atoms with van der Waals surface area (Å²) in [5.74, 6) is -0.197. The first-order valence-electron chi connectivity index (χ1n) is 6.82. The van der Waals surface area contributed by atoms with E-state index in [0.29, 0.717) is 24.5 Å². The number of ether oxygens (including phenoxy) is 1. The minimum atomic E-state index is -0.197. The predicted molar refractivity (Wildman–Crippen MR) is 78.6 cm³/mol. The highest BCUT2D eigenvalue weighted by atomic mass is 16.5. The normalized spacial score (nSPS) is 10.8. The van der Waals surface area contributed by atoms with E-state index in [1.54, 1.807) is 12.1 Å². The van der Waals surface area contributed by atoms with Gasteiger partial charge in [0.25, 0.3) is 5.91 Å². The Bertz CT molecular complexity index is 580. The average Bonchev–Trinajstić information content (AvgIpc) is 2.85. The summed E-state index contributed by atoms with van der Waals surface area (Å²) in [4.78, 5) is 12.0. The molecule has 0 unspecified atom stereocenters. The minimum Gasteiger partial charge on any atom is -0.399 e. The molecule has 6 nitrogen and oxygen atoms in total. The fourth-order valence-electron chi connectivity index (χ4n) is 1.91. The van der Waals surface area contributed by atoms with Crippen LogP contribution in [0.25, 0.3) is 10.9 Å². The van der Waals surface area contributed by atoms with Crippen molar-refractivity contribution in [1.82, 2.24) is 15.5 Å². The molecule has 0 atom stereocenters. The van der Waals surface area contributed by atoms with Crippen LogP contribution in [0.1, 0.15) is 30.3 Å². The Hall–Kier alpha value is -2.08. The molecule has 0 radical (unpaired) electrons. The fraction of sp³-hybridized carbons (Fsp3) is 0.429. The number of aromatic amines is 1. The molecule has 1 amide bonds. The number of nitrogens with zero attached hydrogens (tertiary/aromatic N) is 1. The number of nitrogens with two attached hydrogens (primary N) is 1. The first kappa shape index (κ1) is 14.3. The molecule has 108 valence electrons. The van der Waals surface area contributed by atoms with Crippen LogP contribution in [0.3, 0.4) is 0 Å². The van der Waals surface area contributed by atoms with Gasteiger partial charge in [-0.25, -0.2) is 0 Å². The van der Waals surface area contributed by atoms with Crippen molar-refractivity contribution >= 4 is 22.5 Å². The van der Waals surface area contributed by atoms with Crippen molar-refractivity contribution in [2.75, 3.05) is 25.5 Å². The lowest BCUT2D eigenvalue weighted by Gasteiger charge is -2.04. The van der Waals surface area contributed by atoms with E-state index in [1.807, 2.05) is 6.07 Å². The van der Waals surface area contributed by atoms with Crippen LogP contribution >= 0.6 is 0 Å². The summed E-state index contributed by atoms with van der Waals surface area (Å²) in [6.07, 6.45) is 1.79. The molecule has 0 aliphatic carbocycles. The molecule has 1 heterocycles. The van der Waals surface area contributed by atoms with Gasteiger partial charge in [-0.3, -0.25) is 9.89 Å². The number of amides is 1. The van der Waals surface area contributed by atoms with Crippen molar-refractivity contribution in [1.29, 1.82) is 0 Å². The van der Waals surface area contributed by atoms with Gasteiger partial charge in [0, 0.05) is 30.8 Å². The molecule has 20 heavy (non-hydrogen) atoms. The number of hydrogen-bond donors (Lipinski definition) is 3. The van der Waals surface area contributed by atoms with Gasteiger partial charge in [0.2, 0.25) is 0 Å². The Labute approximate surface area is 117 Å². The second kappa shape index (κ2) is 6.91. The molecule has 0 fully saturated rings. The molecule has 1 aromatic carbocycles. The highest BCUT2D eigenvalue weighted by molar-refractivity contribution is 6.05. The first-order chi connectivity index (χ1) is 9.72. The number of nitrogens with one attached hydrogen (secondary N) is 2. The standard InChI is InChI=1S/C14H20N4O2/c1-2-7-20-8-3-6-16-14(19)13-11-9-10(15)4-5-12(11)17-18-13/h4-5,9H,2-3,6-8,15H2,1H3,(H,16,19)(H,17,18). The molecule has 2 rings (SSSR count). The molecule has 4 N–H and O–H groups in total. The van der Waals surface area contributed by atoms with Gasteiger partial charge in [-0.2, -0.15) is 5.10 Å². The summed E-state index contributed by atoms with van der Waals surface area (Å²) in [6.45, 7) is 4.05. The summed E-state index contributed by atoms with van der Waals surface area (Å²) < 4.78 is 5.35. The van der Waals surface area contributed by atoms with Gasteiger partial charge in [-0.15, -0.1) is 0 Å². The Morgan fingerprint density at radius 3 is 3.10 bits per heavy atom. The first-order valence-corrected chi connectivity index (χ1v) is 6.82. The molecule has 0 bridgehead atoms. The summed E-state index contributed by atoms with van der Waals surface area (Å²) in [7, 11) is 0. The zero-order valence-electron chi connectivity index (χ0n) is 11.6. The number of fused-ring (bicyclic) bond motifs is 1. The van der Waals surface area contributed by atoms with Crippen LogP contribution < -0.4 is 11.1 Å². The van der Waals surface area contributed by atoms with Crippen LogP contribution in [0.4, 0.5) is 5.69 Å². The van der Waals surface area contributed by atoms with Gasteiger partial charge in [-0.1, -0.05) is 6.92 Å². The van der Waals surface area contributed by atoms with Crippen LogP contribution in [0.15, 0.2) is 18.2 Å². The van der Waals surface area contributed by atoms with E-state index in [4.69, 9.17) is 10.5 Å². The summed E-state index contributed by atoms with van der Waals surface area (Å²) >= 11 is 0. The van der Waals surface area contributed by atoms with E-state index >= 15 is 0 Å². The number of hydrogen-bond acceptors (Lipinski definition) is 4. The number of benzene rings is 1. The zero-order chi connectivity index (χ0) is 14.4. The van der Waals surface area contributed by atoms with E-state index in [9.17, 15) is 4.79 Å². The van der Waals surface area contributed by atoms with E-state index < -0.39 is 0 Å². The second-order valence-corrected chi connectivity index (χ2v) is 4.60. The van der Waals surface area contributed by atoms with Crippen molar-refractivity contribution in [3.63, 3.8) is 0 Å². The molecule has 0 saturated carbocycles. The number of anilines is 1.